The molecule has 0 radical (unpaired) electrons. The molecule has 0 spiro atoms. The summed E-state index contributed by atoms with van der Waals surface area (Å²) in [6, 6.07) is 2.59. The molecule has 1 aromatic rings. The quantitative estimate of drug-likeness (QED) is 0.865. The molecule has 0 aliphatic rings. The number of nitrogens with zero attached hydrogens (tertiary/aromatic N) is 1. The van der Waals surface area contributed by atoms with Gasteiger partial charge in [-0.3, -0.25) is 4.79 Å². The van der Waals surface area contributed by atoms with Crippen LogP contribution in [0.5, 0.6) is 0 Å². The summed E-state index contributed by atoms with van der Waals surface area (Å²) in [7, 11) is 0. The molecule has 0 saturated heterocycles. The lowest BCUT2D eigenvalue weighted by Crippen LogP contribution is -2.35. The summed E-state index contributed by atoms with van der Waals surface area (Å²) in [6.07, 6.45) is 1.03. The molecule has 3 nitrogen and oxygen atoms in total. The molecule has 0 unspecified atom stereocenters. The first-order chi connectivity index (χ1) is 7.44. The van der Waals surface area contributed by atoms with Gasteiger partial charge in [0, 0.05) is 11.9 Å². The number of alkyl halides is 1. The smallest absolute Gasteiger partial charge is 0.269 e. The third-order valence-electron chi connectivity index (χ3n) is 2.05. The van der Waals surface area contributed by atoms with Crippen LogP contribution in [0, 0.1) is 11.2 Å². The fourth-order valence-electron chi connectivity index (χ4n) is 0.967. The third-order valence-corrected chi connectivity index (χ3v) is 3.57. The van der Waals surface area contributed by atoms with E-state index < -0.39 is 5.82 Å². The first-order valence-corrected chi connectivity index (χ1v) is 6.02. The normalized spacial score (nSPS) is 11.2. The molecule has 1 rings (SSSR count). The number of hydrogen-bond donors (Lipinski definition) is 1. The fourth-order valence-corrected chi connectivity index (χ4v) is 1.17. The van der Waals surface area contributed by atoms with E-state index in [1.54, 1.807) is 0 Å². The van der Waals surface area contributed by atoms with Gasteiger partial charge in [-0.15, -0.1) is 0 Å². The van der Waals surface area contributed by atoms with Gasteiger partial charge in [-0.05, 0) is 17.5 Å². The average molecular weight is 289 g/mol. The first kappa shape index (κ1) is 13.1. The second kappa shape index (κ2) is 5.39. The summed E-state index contributed by atoms with van der Waals surface area (Å²) in [5.41, 5.74) is 0.210. The van der Waals surface area contributed by atoms with Crippen LogP contribution in [0.1, 0.15) is 24.3 Å². The summed E-state index contributed by atoms with van der Waals surface area (Å²) < 4.78 is 12.6. The van der Waals surface area contributed by atoms with Crippen molar-refractivity contribution < 1.29 is 9.18 Å². The van der Waals surface area contributed by atoms with Crippen molar-refractivity contribution >= 4 is 21.8 Å². The number of amides is 1. The summed E-state index contributed by atoms with van der Waals surface area (Å²) >= 11 is 3.37. The molecular weight excluding hydrogens is 275 g/mol. The van der Waals surface area contributed by atoms with Crippen LogP contribution < -0.4 is 5.32 Å². The predicted octanol–water partition coefficient (Wildman–Crippen LogP) is 2.37. The van der Waals surface area contributed by atoms with Gasteiger partial charge in [-0.1, -0.05) is 29.8 Å². The number of halogens is 2. The molecule has 16 heavy (non-hydrogen) atoms. The van der Waals surface area contributed by atoms with Crippen molar-refractivity contribution in [2.45, 2.75) is 13.8 Å². The van der Waals surface area contributed by atoms with Crippen molar-refractivity contribution in [3.05, 3.63) is 29.8 Å². The maximum atomic E-state index is 12.6. The number of hydrogen-bond acceptors (Lipinski definition) is 2. The van der Waals surface area contributed by atoms with Crippen LogP contribution in [0.4, 0.5) is 4.39 Å². The third kappa shape index (κ3) is 3.89. The van der Waals surface area contributed by atoms with Crippen LogP contribution in [-0.2, 0) is 0 Å². The zero-order chi connectivity index (χ0) is 12.2. The highest BCUT2D eigenvalue weighted by molar-refractivity contribution is 9.09. The van der Waals surface area contributed by atoms with Gasteiger partial charge in [-0.2, -0.15) is 0 Å². The van der Waals surface area contributed by atoms with Gasteiger partial charge in [-0.25, -0.2) is 9.37 Å². The number of carbonyl (C=O) groups excluding carboxylic acids is 1. The first-order valence-electron chi connectivity index (χ1n) is 4.90. The molecule has 5 heteroatoms. The van der Waals surface area contributed by atoms with Gasteiger partial charge in [0.2, 0.25) is 0 Å². The highest BCUT2D eigenvalue weighted by Gasteiger charge is 2.17. The van der Waals surface area contributed by atoms with Crippen molar-refractivity contribution in [1.82, 2.24) is 10.3 Å². The van der Waals surface area contributed by atoms with Crippen molar-refractivity contribution in [2.24, 2.45) is 5.41 Å². The predicted molar refractivity (Wildman–Crippen MR) is 64.1 cm³/mol. The van der Waals surface area contributed by atoms with E-state index in [0.717, 1.165) is 11.5 Å². The van der Waals surface area contributed by atoms with E-state index in [-0.39, 0.29) is 17.0 Å². The Hall–Kier alpha value is -0.970. The van der Waals surface area contributed by atoms with Crippen LogP contribution >= 0.6 is 15.9 Å². The van der Waals surface area contributed by atoms with E-state index >= 15 is 0 Å². The maximum Gasteiger partial charge on any atom is 0.269 e. The van der Waals surface area contributed by atoms with Gasteiger partial charge < -0.3 is 5.32 Å². The van der Waals surface area contributed by atoms with E-state index in [0.29, 0.717) is 6.54 Å². The Morgan fingerprint density at radius 3 is 2.75 bits per heavy atom. The zero-order valence-electron chi connectivity index (χ0n) is 9.26. The van der Waals surface area contributed by atoms with E-state index in [1.165, 1.54) is 12.1 Å². The minimum absolute atomic E-state index is 0.0182. The number of aromatic nitrogens is 1. The molecule has 0 atom stereocenters. The average Bonchev–Trinajstić information content (AvgIpc) is 2.27. The fraction of sp³-hybridized carbons (Fsp3) is 0.455. The Morgan fingerprint density at radius 1 is 1.56 bits per heavy atom. The van der Waals surface area contributed by atoms with E-state index in [9.17, 15) is 9.18 Å². The Labute approximate surface area is 103 Å². The Bertz CT molecular complexity index is 365. The lowest BCUT2D eigenvalue weighted by molar-refractivity contribution is 0.0935. The largest absolute Gasteiger partial charge is 0.350 e. The van der Waals surface area contributed by atoms with E-state index in [2.05, 4.69) is 26.2 Å². The molecule has 0 saturated carbocycles. The van der Waals surface area contributed by atoms with E-state index in [1.807, 2.05) is 13.8 Å². The second-order valence-corrected chi connectivity index (χ2v) is 4.90. The molecule has 0 aliphatic heterocycles. The summed E-state index contributed by atoms with van der Waals surface area (Å²) in [5, 5.41) is 3.54. The van der Waals surface area contributed by atoms with Crippen molar-refractivity contribution in [3.8, 4) is 0 Å². The van der Waals surface area contributed by atoms with Crippen LogP contribution in [0.2, 0.25) is 0 Å². The zero-order valence-corrected chi connectivity index (χ0v) is 10.8. The van der Waals surface area contributed by atoms with Crippen LogP contribution in [0.25, 0.3) is 0 Å². The van der Waals surface area contributed by atoms with Gasteiger partial charge in [0.15, 0.2) is 0 Å². The molecule has 0 aliphatic carbocycles. The Kier molecular flexibility index (Phi) is 4.41. The van der Waals surface area contributed by atoms with Gasteiger partial charge in [0.25, 0.3) is 5.91 Å². The van der Waals surface area contributed by atoms with Crippen molar-refractivity contribution in [2.75, 3.05) is 11.9 Å². The molecule has 1 aromatic heterocycles. The molecule has 1 heterocycles. The Morgan fingerprint density at radius 2 is 2.25 bits per heavy atom. The summed E-state index contributed by atoms with van der Waals surface area (Å²) in [6.45, 7) is 4.59. The van der Waals surface area contributed by atoms with Gasteiger partial charge in [0.1, 0.15) is 11.5 Å². The molecule has 88 valence electrons. The second-order valence-electron chi connectivity index (χ2n) is 4.34. The highest BCUT2D eigenvalue weighted by Crippen LogP contribution is 2.16. The molecule has 0 aromatic carbocycles. The number of pyridine rings is 1. The van der Waals surface area contributed by atoms with Crippen LogP contribution in [0.3, 0.4) is 0 Å². The summed E-state index contributed by atoms with van der Waals surface area (Å²) in [5.74, 6) is -0.730. The minimum atomic E-state index is -0.447. The van der Waals surface area contributed by atoms with Crippen molar-refractivity contribution in [1.29, 1.82) is 0 Å². The topological polar surface area (TPSA) is 42.0 Å². The van der Waals surface area contributed by atoms with Gasteiger partial charge >= 0.3 is 0 Å². The number of nitrogens with one attached hydrogen (secondary N) is 1. The standard InChI is InChI=1S/C11H14BrFN2O/c1-11(2,6-12)7-15-10(16)9-4-3-8(13)5-14-9/h3-5H,6-7H2,1-2H3,(H,15,16). The SMILES string of the molecule is CC(C)(CBr)CNC(=O)c1ccc(F)cn1. The lowest BCUT2D eigenvalue weighted by Gasteiger charge is -2.21. The number of rotatable bonds is 4. The Balaban J connectivity index is 2.56. The molecular formula is C11H14BrFN2O. The van der Waals surface area contributed by atoms with Crippen LogP contribution in [0.15, 0.2) is 18.3 Å². The van der Waals surface area contributed by atoms with Gasteiger partial charge in [0.05, 0.1) is 6.20 Å². The number of carbonyl (C=O) groups is 1. The monoisotopic (exact) mass is 288 g/mol. The summed E-state index contributed by atoms with van der Waals surface area (Å²) in [4.78, 5) is 15.3. The molecule has 1 amide bonds. The van der Waals surface area contributed by atoms with E-state index in [4.69, 9.17) is 0 Å². The van der Waals surface area contributed by atoms with Crippen LogP contribution in [-0.4, -0.2) is 22.8 Å². The minimum Gasteiger partial charge on any atom is -0.350 e. The maximum absolute atomic E-state index is 12.6. The molecule has 1 N–H and O–H groups in total. The lowest BCUT2D eigenvalue weighted by atomic mass is 9.97. The molecule has 0 fully saturated rings. The van der Waals surface area contributed by atoms with Crippen molar-refractivity contribution in [3.63, 3.8) is 0 Å². The highest BCUT2D eigenvalue weighted by atomic mass is 79.9. The molecule has 0 bridgehead atoms.